The number of primary amides is 1. The summed E-state index contributed by atoms with van der Waals surface area (Å²) < 4.78 is 13.7. The van der Waals surface area contributed by atoms with Gasteiger partial charge in [0.15, 0.2) is 5.96 Å². The van der Waals surface area contributed by atoms with E-state index < -0.39 is 5.91 Å². The molecule has 2 rings (SSSR count). The molecule has 0 aromatic heterocycles. The van der Waals surface area contributed by atoms with Crippen LogP contribution in [-0.2, 0) is 17.9 Å². The number of halogens is 1. The van der Waals surface area contributed by atoms with Crippen molar-refractivity contribution in [3.63, 3.8) is 0 Å². The minimum absolute atomic E-state index is 0.199. The van der Waals surface area contributed by atoms with Crippen LogP contribution in [-0.4, -0.2) is 30.9 Å². The first kappa shape index (κ1) is 21.9. The van der Waals surface area contributed by atoms with Crippen LogP contribution in [0.5, 0.6) is 0 Å². The fourth-order valence-electron chi connectivity index (χ4n) is 2.48. The molecule has 0 bridgehead atoms. The maximum Gasteiger partial charge on any atom is 0.251 e. The van der Waals surface area contributed by atoms with Gasteiger partial charge in [0.2, 0.25) is 5.91 Å². The van der Waals surface area contributed by atoms with E-state index in [1.54, 1.807) is 25.1 Å². The van der Waals surface area contributed by atoms with Gasteiger partial charge >= 0.3 is 0 Å². The maximum absolute atomic E-state index is 13.7. The van der Waals surface area contributed by atoms with Crippen LogP contribution in [0, 0.1) is 12.7 Å². The molecule has 5 N–H and O–H groups in total. The SMILES string of the molecule is CCNC(=NCc1ccc(C)c(F)c1)NCc1ccc(C(=O)NCC(N)=O)cc1. The number of aryl methyl sites for hydroxylation is 1. The Morgan fingerprint density at radius 2 is 1.72 bits per heavy atom. The number of carbonyl (C=O) groups excluding carboxylic acids is 2. The summed E-state index contributed by atoms with van der Waals surface area (Å²) in [6.07, 6.45) is 0. The first-order chi connectivity index (χ1) is 13.9. The van der Waals surface area contributed by atoms with Crippen LogP contribution < -0.4 is 21.7 Å². The van der Waals surface area contributed by atoms with Crippen LogP contribution in [0.2, 0.25) is 0 Å². The van der Waals surface area contributed by atoms with E-state index in [0.29, 0.717) is 36.7 Å². The molecule has 2 aromatic carbocycles. The maximum atomic E-state index is 13.7. The quantitative estimate of drug-likeness (QED) is 0.399. The zero-order chi connectivity index (χ0) is 21.2. The van der Waals surface area contributed by atoms with E-state index in [1.165, 1.54) is 6.07 Å². The highest BCUT2D eigenvalue weighted by molar-refractivity contribution is 5.96. The van der Waals surface area contributed by atoms with E-state index >= 15 is 0 Å². The van der Waals surface area contributed by atoms with Gasteiger partial charge in [0.25, 0.3) is 5.91 Å². The number of carbonyl (C=O) groups is 2. The highest BCUT2D eigenvalue weighted by Gasteiger charge is 2.06. The van der Waals surface area contributed by atoms with Crippen molar-refractivity contribution >= 4 is 17.8 Å². The lowest BCUT2D eigenvalue weighted by Gasteiger charge is -2.12. The van der Waals surface area contributed by atoms with Gasteiger partial charge in [0.05, 0.1) is 13.1 Å². The Morgan fingerprint density at radius 1 is 1.03 bits per heavy atom. The predicted octanol–water partition coefficient (Wildman–Crippen LogP) is 1.60. The lowest BCUT2D eigenvalue weighted by molar-refractivity contribution is -0.117. The lowest BCUT2D eigenvalue weighted by atomic mass is 10.1. The number of hydrogen-bond donors (Lipinski definition) is 4. The highest BCUT2D eigenvalue weighted by Crippen LogP contribution is 2.10. The van der Waals surface area contributed by atoms with Crippen LogP contribution in [0.3, 0.4) is 0 Å². The van der Waals surface area contributed by atoms with E-state index in [9.17, 15) is 14.0 Å². The van der Waals surface area contributed by atoms with E-state index in [2.05, 4.69) is 20.9 Å². The zero-order valence-electron chi connectivity index (χ0n) is 16.6. The first-order valence-corrected chi connectivity index (χ1v) is 9.31. The molecule has 0 spiro atoms. The summed E-state index contributed by atoms with van der Waals surface area (Å²) in [5.74, 6) is -0.585. The van der Waals surface area contributed by atoms with Crippen molar-refractivity contribution in [3.05, 3.63) is 70.5 Å². The number of aliphatic imine (C=N–C) groups is 1. The Bertz CT molecular complexity index is 881. The van der Waals surface area contributed by atoms with Crippen molar-refractivity contribution < 1.29 is 14.0 Å². The molecule has 0 aliphatic carbocycles. The molecule has 0 heterocycles. The van der Waals surface area contributed by atoms with Crippen LogP contribution in [0.25, 0.3) is 0 Å². The summed E-state index contributed by atoms with van der Waals surface area (Å²) in [4.78, 5) is 27.1. The predicted molar refractivity (Wildman–Crippen MR) is 111 cm³/mol. The Kier molecular flexibility index (Phi) is 8.14. The van der Waals surface area contributed by atoms with E-state index in [4.69, 9.17) is 5.73 Å². The standard InChI is InChI=1S/C21H26FN5O2/c1-3-24-21(27-12-16-5-4-14(2)18(22)10-16)26-11-15-6-8-17(9-7-15)20(29)25-13-19(23)28/h4-10H,3,11-13H2,1-2H3,(H2,23,28)(H,25,29)(H2,24,26,27). The number of hydrogen-bond acceptors (Lipinski definition) is 3. The number of guanidine groups is 1. The average molecular weight is 399 g/mol. The number of rotatable bonds is 8. The second kappa shape index (κ2) is 10.8. The molecule has 0 fully saturated rings. The summed E-state index contributed by atoms with van der Waals surface area (Å²) in [6.45, 7) is 5.02. The molecule has 0 saturated heterocycles. The molecule has 0 aliphatic heterocycles. The van der Waals surface area contributed by atoms with E-state index in [-0.39, 0.29) is 18.3 Å². The molecular formula is C21H26FN5O2. The van der Waals surface area contributed by atoms with Crippen molar-refractivity contribution in [1.29, 1.82) is 0 Å². The van der Waals surface area contributed by atoms with Gasteiger partial charge in [-0.15, -0.1) is 0 Å². The molecule has 0 aliphatic rings. The van der Waals surface area contributed by atoms with Gasteiger partial charge in [-0.25, -0.2) is 9.38 Å². The lowest BCUT2D eigenvalue weighted by Crippen LogP contribution is -2.36. The summed E-state index contributed by atoms with van der Waals surface area (Å²) >= 11 is 0. The van der Waals surface area contributed by atoms with Gasteiger partial charge in [0.1, 0.15) is 5.82 Å². The second-order valence-corrected chi connectivity index (χ2v) is 6.48. The highest BCUT2D eigenvalue weighted by atomic mass is 19.1. The Hall–Kier alpha value is -3.42. The molecule has 0 atom stereocenters. The molecule has 2 aromatic rings. The molecule has 154 valence electrons. The van der Waals surface area contributed by atoms with Crippen LogP contribution >= 0.6 is 0 Å². The summed E-state index contributed by atoms with van der Waals surface area (Å²) in [5.41, 5.74) is 7.80. The topological polar surface area (TPSA) is 109 Å². The van der Waals surface area contributed by atoms with Gasteiger partial charge in [0, 0.05) is 18.7 Å². The number of benzene rings is 2. The van der Waals surface area contributed by atoms with Crippen LogP contribution in [0.4, 0.5) is 4.39 Å². The number of nitrogens with zero attached hydrogens (tertiary/aromatic N) is 1. The third kappa shape index (κ3) is 7.25. The molecule has 7 nitrogen and oxygen atoms in total. The molecule has 0 saturated carbocycles. The molecular weight excluding hydrogens is 373 g/mol. The van der Waals surface area contributed by atoms with Gasteiger partial charge in [-0.1, -0.05) is 24.3 Å². The smallest absolute Gasteiger partial charge is 0.251 e. The Labute approximate surface area is 169 Å². The van der Waals surface area contributed by atoms with Crippen LogP contribution in [0.1, 0.15) is 34.0 Å². The number of nitrogens with one attached hydrogen (secondary N) is 3. The Morgan fingerprint density at radius 3 is 2.34 bits per heavy atom. The van der Waals surface area contributed by atoms with Gasteiger partial charge in [-0.05, 0) is 48.7 Å². The third-order valence-electron chi connectivity index (χ3n) is 4.10. The van der Waals surface area contributed by atoms with Crippen molar-refractivity contribution in [1.82, 2.24) is 16.0 Å². The van der Waals surface area contributed by atoms with Gasteiger partial charge in [-0.2, -0.15) is 0 Å². The van der Waals surface area contributed by atoms with Crippen molar-refractivity contribution in [2.24, 2.45) is 10.7 Å². The minimum atomic E-state index is -0.595. The fourth-order valence-corrected chi connectivity index (χ4v) is 2.48. The zero-order valence-corrected chi connectivity index (χ0v) is 16.6. The molecule has 8 heteroatoms. The van der Waals surface area contributed by atoms with Gasteiger partial charge < -0.3 is 21.7 Å². The van der Waals surface area contributed by atoms with E-state index in [1.807, 2.05) is 25.1 Å². The third-order valence-corrected chi connectivity index (χ3v) is 4.10. The van der Waals surface area contributed by atoms with Crippen molar-refractivity contribution in [3.8, 4) is 0 Å². The van der Waals surface area contributed by atoms with Crippen molar-refractivity contribution in [2.45, 2.75) is 26.9 Å². The monoisotopic (exact) mass is 399 g/mol. The summed E-state index contributed by atoms with van der Waals surface area (Å²) in [7, 11) is 0. The summed E-state index contributed by atoms with van der Waals surface area (Å²) in [6, 6.07) is 12.1. The largest absolute Gasteiger partial charge is 0.368 e. The number of amides is 2. The molecule has 2 amide bonds. The van der Waals surface area contributed by atoms with E-state index in [0.717, 1.165) is 11.1 Å². The molecule has 0 unspecified atom stereocenters. The summed E-state index contributed by atoms with van der Waals surface area (Å²) in [5, 5.41) is 8.79. The van der Waals surface area contributed by atoms with Crippen LogP contribution in [0.15, 0.2) is 47.5 Å². The average Bonchev–Trinajstić information content (AvgIpc) is 2.71. The molecule has 29 heavy (non-hydrogen) atoms. The number of nitrogens with two attached hydrogens (primary N) is 1. The van der Waals surface area contributed by atoms with Gasteiger partial charge in [-0.3, -0.25) is 9.59 Å². The fraction of sp³-hybridized carbons (Fsp3) is 0.286. The first-order valence-electron chi connectivity index (χ1n) is 9.31. The van der Waals surface area contributed by atoms with Crippen molar-refractivity contribution in [2.75, 3.05) is 13.1 Å². The minimum Gasteiger partial charge on any atom is -0.368 e. The Balaban J connectivity index is 1.94. The molecule has 0 radical (unpaired) electrons. The second-order valence-electron chi connectivity index (χ2n) is 6.48. The normalized spacial score (nSPS) is 11.1.